The summed E-state index contributed by atoms with van der Waals surface area (Å²) in [4.78, 5) is 12.1. The van der Waals surface area contributed by atoms with Crippen LogP contribution in [-0.2, 0) is 6.54 Å². The van der Waals surface area contributed by atoms with Crippen LogP contribution in [0.15, 0.2) is 48.5 Å². The third-order valence-corrected chi connectivity index (χ3v) is 3.58. The summed E-state index contributed by atoms with van der Waals surface area (Å²) in [6, 6.07) is 13.0. The van der Waals surface area contributed by atoms with Crippen LogP contribution in [0.25, 0.3) is 0 Å². The molecule has 2 aromatic rings. The van der Waals surface area contributed by atoms with E-state index in [1.807, 2.05) is 31.2 Å². The molecule has 7 heteroatoms. The molecule has 0 heterocycles. The Balaban J connectivity index is 1.95. The standard InChI is InChI=1S/C18H20F2N2O3/c1-12(14-8-4-6-10-16(14)24-2)22-18(23)21-11-13-7-3-5-9-15(13)25-17(19)20/h3-10,12,17H,11H2,1-2H3,(H2,21,22,23). The smallest absolute Gasteiger partial charge is 0.387 e. The second-order valence-corrected chi connectivity index (χ2v) is 5.28. The normalized spacial score (nSPS) is 11.7. The molecular weight excluding hydrogens is 330 g/mol. The number of hydrogen-bond acceptors (Lipinski definition) is 3. The number of hydrogen-bond donors (Lipinski definition) is 2. The zero-order chi connectivity index (χ0) is 18.2. The van der Waals surface area contributed by atoms with Gasteiger partial charge in [0.15, 0.2) is 0 Å². The summed E-state index contributed by atoms with van der Waals surface area (Å²) in [6.45, 7) is -1.03. The molecule has 0 spiro atoms. The van der Waals surface area contributed by atoms with Gasteiger partial charge in [-0.2, -0.15) is 8.78 Å². The Morgan fingerprint density at radius 1 is 1.08 bits per heavy atom. The van der Waals surface area contributed by atoms with Crippen molar-refractivity contribution in [2.45, 2.75) is 26.1 Å². The fourth-order valence-electron chi connectivity index (χ4n) is 2.39. The number of carbonyl (C=O) groups excluding carboxylic acids is 1. The van der Waals surface area contributed by atoms with Gasteiger partial charge >= 0.3 is 12.6 Å². The van der Waals surface area contributed by atoms with Gasteiger partial charge in [0.25, 0.3) is 0 Å². The van der Waals surface area contributed by atoms with E-state index in [4.69, 9.17) is 4.74 Å². The van der Waals surface area contributed by atoms with E-state index < -0.39 is 12.6 Å². The minimum Gasteiger partial charge on any atom is -0.496 e. The molecule has 0 saturated heterocycles. The van der Waals surface area contributed by atoms with Gasteiger partial charge in [0.05, 0.1) is 13.2 Å². The number of halogens is 2. The third kappa shape index (κ3) is 5.34. The first-order valence-corrected chi connectivity index (χ1v) is 7.71. The van der Waals surface area contributed by atoms with Gasteiger partial charge < -0.3 is 20.1 Å². The fourth-order valence-corrected chi connectivity index (χ4v) is 2.39. The van der Waals surface area contributed by atoms with Crippen LogP contribution in [0.1, 0.15) is 24.1 Å². The van der Waals surface area contributed by atoms with Crippen molar-refractivity contribution in [3.05, 3.63) is 59.7 Å². The second kappa shape index (κ2) is 8.86. The highest BCUT2D eigenvalue weighted by Gasteiger charge is 2.14. The highest BCUT2D eigenvalue weighted by atomic mass is 19.3. The molecule has 134 valence electrons. The number of amides is 2. The Kier molecular flexibility index (Phi) is 6.56. The van der Waals surface area contributed by atoms with Gasteiger partial charge in [0.2, 0.25) is 0 Å². The highest BCUT2D eigenvalue weighted by Crippen LogP contribution is 2.24. The molecule has 0 aliphatic heterocycles. The maximum absolute atomic E-state index is 12.4. The lowest BCUT2D eigenvalue weighted by Crippen LogP contribution is -2.36. The summed E-state index contributed by atoms with van der Waals surface area (Å²) in [7, 11) is 1.56. The predicted octanol–water partition coefficient (Wildman–Crippen LogP) is 3.86. The Labute approximate surface area is 144 Å². The summed E-state index contributed by atoms with van der Waals surface area (Å²) < 4.78 is 34.5. The number of urea groups is 1. The first kappa shape index (κ1) is 18.5. The Bertz CT molecular complexity index is 710. The number of benzene rings is 2. The van der Waals surface area contributed by atoms with Crippen molar-refractivity contribution >= 4 is 6.03 Å². The minimum atomic E-state index is -2.92. The average molecular weight is 350 g/mol. The first-order chi connectivity index (χ1) is 12.0. The van der Waals surface area contributed by atoms with Crippen LogP contribution in [0.3, 0.4) is 0 Å². The number of rotatable bonds is 7. The Hall–Kier alpha value is -2.83. The largest absolute Gasteiger partial charge is 0.496 e. The molecular formula is C18H20F2N2O3. The van der Waals surface area contributed by atoms with E-state index >= 15 is 0 Å². The summed E-state index contributed by atoms with van der Waals surface area (Å²) in [6.07, 6.45) is 0. The number of methoxy groups -OCH3 is 1. The van der Waals surface area contributed by atoms with Gasteiger partial charge in [0, 0.05) is 17.7 Å². The molecule has 0 radical (unpaired) electrons. The van der Waals surface area contributed by atoms with E-state index in [1.54, 1.807) is 25.3 Å². The number of alkyl halides is 2. The van der Waals surface area contributed by atoms with Crippen LogP contribution in [0, 0.1) is 0 Å². The molecule has 0 aliphatic rings. The third-order valence-electron chi connectivity index (χ3n) is 3.58. The zero-order valence-corrected chi connectivity index (χ0v) is 14.0. The first-order valence-electron chi connectivity index (χ1n) is 7.71. The zero-order valence-electron chi connectivity index (χ0n) is 14.0. The molecule has 2 amide bonds. The van der Waals surface area contributed by atoms with Gasteiger partial charge in [-0.05, 0) is 19.1 Å². The van der Waals surface area contributed by atoms with Crippen molar-refractivity contribution in [1.82, 2.24) is 10.6 Å². The van der Waals surface area contributed by atoms with Crippen LogP contribution >= 0.6 is 0 Å². The summed E-state index contributed by atoms with van der Waals surface area (Å²) in [5.41, 5.74) is 1.30. The highest BCUT2D eigenvalue weighted by molar-refractivity contribution is 5.74. The van der Waals surface area contributed by atoms with Crippen molar-refractivity contribution in [1.29, 1.82) is 0 Å². The van der Waals surface area contributed by atoms with Gasteiger partial charge in [-0.3, -0.25) is 0 Å². The van der Waals surface area contributed by atoms with Crippen molar-refractivity contribution in [2.24, 2.45) is 0 Å². The number of ether oxygens (including phenoxy) is 2. The monoisotopic (exact) mass is 350 g/mol. The van der Waals surface area contributed by atoms with Crippen LogP contribution < -0.4 is 20.1 Å². The molecule has 1 atom stereocenters. The summed E-state index contributed by atoms with van der Waals surface area (Å²) in [5.74, 6) is 0.710. The molecule has 0 saturated carbocycles. The molecule has 0 fully saturated rings. The predicted molar refractivity (Wildman–Crippen MR) is 89.9 cm³/mol. The van der Waals surface area contributed by atoms with Gasteiger partial charge in [-0.15, -0.1) is 0 Å². The van der Waals surface area contributed by atoms with Crippen molar-refractivity contribution in [3.63, 3.8) is 0 Å². The van der Waals surface area contributed by atoms with Crippen LogP contribution in [0.4, 0.5) is 13.6 Å². The maximum atomic E-state index is 12.4. The lowest BCUT2D eigenvalue weighted by Gasteiger charge is -2.18. The Morgan fingerprint density at radius 3 is 2.40 bits per heavy atom. The molecule has 0 bridgehead atoms. The summed E-state index contributed by atoms with van der Waals surface area (Å²) in [5, 5.41) is 5.42. The van der Waals surface area contributed by atoms with E-state index in [9.17, 15) is 13.6 Å². The van der Waals surface area contributed by atoms with Crippen molar-refractivity contribution in [2.75, 3.05) is 7.11 Å². The van der Waals surface area contributed by atoms with E-state index in [0.717, 1.165) is 5.56 Å². The quantitative estimate of drug-likeness (QED) is 0.797. The number of carbonyl (C=O) groups is 1. The second-order valence-electron chi connectivity index (χ2n) is 5.28. The molecule has 25 heavy (non-hydrogen) atoms. The lowest BCUT2D eigenvalue weighted by atomic mass is 10.1. The van der Waals surface area contributed by atoms with Crippen LogP contribution in [-0.4, -0.2) is 19.8 Å². The van der Waals surface area contributed by atoms with E-state index in [1.165, 1.54) is 6.07 Å². The SMILES string of the molecule is COc1ccccc1C(C)NC(=O)NCc1ccccc1OC(F)F. The molecule has 1 unspecified atom stereocenters. The van der Waals surface area contributed by atoms with Crippen LogP contribution in [0.2, 0.25) is 0 Å². The van der Waals surface area contributed by atoms with Gasteiger partial charge in [0.1, 0.15) is 11.5 Å². The van der Waals surface area contributed by atoms with Crippen LogP contribution in [0.5, 0.6) is 11.5 Å². The molecule has 2 rings (SSSR count). The summed E-state index contributed by atoms with van der Waals surface area (Å²) >= 11 is 0. The minimum absolute atomic E-state index is 0.0376. The van der Waals surface area contributed by atoms with E-state index in [-0.39, 0.29) is 18.3 Å². The molecule has 0 aromatic heterocycles. The molecule has 2 N–H and O–H groups in total. The topological polar surface area (TPSA) is 59.6 Å². The number of nitrogens with one attached hydrogen (secondary N) is 2. The molecule has 5 nitrogen and oxygen atoms in total. The van der Waals surface area contributed by atoms with Gasteiger partial charge in [-0.1, -0.05) is 36.4 Å². The fraction of sp³-hybridized carbons (Fsp3) is 0.278. The maximum Gasteiger partial charge on any atom is 0.387 e. The lowest BCUT2D eigenvalue weighted by molar-refractivity contribution is -0.0504. The average Bonchev–Trinajstić information content (AvgIpc) is 2.60. The Morgan fingerprint density at radius 2 is 1.72 bits per heavy atom. The van der Waals surface area contributed by atoms with Crippen molar-refractivity contribution in [3.8, 4) is 11.5 Å². The molecule has 0 aliphatic carbocycles. The number of para-hydroxylation sites is 2. The van der Waals surface area contributed by atoms with Crippen molar-refractivity contribution < 1.29 is 23.0 Å². The van der Waals surface area contributed by atoms with E-state index in [0.29, 0.717) is 11.3 Å². The molecule has 2 aromatic carbocycles. The van der Waals surface area contributed by atoms with Gasteiger partial charge in [-0.25, -0.2) is 4.79 Å². The van der Waals surface area contributed by atoms with E-state index in [2.05, 4.69) is 15.4 Å².